The molecule has 0 amide bonds. The molecule has 8 nitrogen and oxygen atoms in total. The smallest absolute Gasteiger partial charge is 0.457 e. The molecule has 0 aromatic heterocycles. The van der Waals surface area contributed by atoms with E-state index < -0.39 is 13.9 Å². The van der Waals surface area contributed by atoms with Gasteiger partial charge in [-0.3, -0.25) is 13.8 Å². The van der Waals surface area contributed by atoms with Crippen molar-refractivity contribution in [3.63, 3.8) is 0 Å². The lowest BCUT2D eigenvalue weighted by Gasteiger charge is -2.20. The zero-order chi connectivity index (χ0) is 50.8. The molecular weight excluding hydrogens is 890 g/mol. The largest absolute Gasteiger partial charge is 0.472 e. The van der Waals surface area contributed by atoms with E-state index >= 15 is 0 Å². The highest BCUT2D eigenvalue weighted by Crippen LogP contribution is 2.43. The summed E-state index contributed by atoms with van der Waals surface area (Å²) in [5.41, 5.74) is 5.41. The van der Waals surface area contributed by atoms with Crippen LogP contribution < -0.4 is 5.73 Å². The van der Waals surface area contributed by atoms with Gasteiger partial charge in [-0.1, -0.05) is 247 Å². The Labute approximate surface area is 433 Å². The molecular formula is C61H112NO7P. The van der Waals surface area contributed by atoms with Gasteiger partial charge in [-0.2, -0.15) is 0 Å². The molecule has 9 heteroatoms. The van der Waals surface area contributed by atoms with Crippen molar-refractivity contribution in [3.05, 3.63) is 72.9 Å². The molecule has 0 saturated heterocycles. The maximum atomic E-state index is 12.7. The van der Waals surface area contributed by atoms with E-state index in [4.69, 9.17) is 24.3 Å². The predicted molar refractivity (Wildman–Crippen MR) is 302 cm³/mol. The fraction of sp³-hybridized carbons (Fsp3) is 0.787. The van der Waals surface area contributed by atoms with Gasteiger partial charge in [0.15, 0.2) is 0 Å². The summed E-state index contributed by atoms with van der Waals surface area (Å²) in [6.07, 6.45) is 75.2. The van der Waals surface area contributed by atoms with Gasteiger partial charge in [0.1, 0.15) is 6.10 Å². The topological polar surface area (TPSA) is 117 Å². The molecule has 0 aliphatic heterocycles. The molecule has 0 radical (unpaired) electrons. The molecule has 0 aliphatic carbocycles. The lowest BCUT2D eigenvalue weighted by molar-refractivity contribution is -0.154. The number of ether oxygens (including phenoxy) is 2. The summed E-state index contributed by atoms with van der Waals surface area (Å²) in [5.74, 6) is -0.334. The summed E-state index contributed by atoms with van der Waals surface area (Å²) in [6.45, 7) is 4.91. The van der Waals surface area contributed by atoms with Crippen LogP contribution in [-0.2, 0) is 27.9 Å². The summed E-state index contributed by atoms with van der Waals surface area (Å²) in [6, 6.07) is 0. The normalized spacial score (nSPS) is 13.7. The lowest BCUT2D eigenvalue weighted by Crippen LogP contribution is -2.28. The number of hydrogen-bond donors (Lipinski definition) is 2. The summed E-state index contributed by atoms with van der Waals surface area (Å²) < 4.78 is 33.7. The second-order valence-corrected chi connectivity index (χ2v) is 21.0. The van der Waals surface area contributed by atoms with Gasteiger partial charge in [0.2, 0.25) is 0 Å². The molecule has 0 fully saturated rings. The molecule has 408 valence electrons. The van der Waals surface area contributed by atoms with E-state index in [0.29, 0.717) is 13.0 Å². The van der Waals surface area contributed by atoms with Gasteiger partial charge in [0, 0.05) is 19.6 Å². The molecule has 70 heavy (non-hydrogen) atoms. The molecule has 0 heterocycles. The molecule has 0 spiro atoms. The Kier molecular flexibility index (Phi) is 56.1. The number of phosphoric acid groups is 1. The first-order valence-electron chi connectivity index (χ1n) is 29.4. The maximum absolute atomic E-state index is 12.7. The summed E-state index contributed by atoms with van der Waals surface area (Å²) >= 11 is 0. The van der Waals surface area contributed by atoms with Crippen LogP contribution >= 0.6 is 7.82 Å². The number of carbonyl (C=O) groups is 1. The average molecular weight is 1000 g/mol. The van der Waals surface area contributed by atoms with E-state index in [1.54, 1.807) is 0 Å². The average Bonchev–Trinajstić information content (AvgIpc) is 3.35. The predicted octanol–water partition coefficient (Wildman–Crippen LogP) is 19.0. The number of hydrogen-bond acceptors (Lipinski definition) is 7. The van der Waals surface area contributed by atoms with Crippen LogP contribution in [0.5, 0.6) is 0 Å². The van der Waals surface area contributed by atoms with Gasteiger partial charge in [-0.05, 0) is 89.9 Å². The van der Waals surface area contributed by atoms with Crippen molar-refractivity contribution < 1.29 is 32.8 Å². The van der Waals surface area contributed by atoms with E-state index in [1.807, 2.05) is 0 Å². The van der Waals surface area contributed by atoms with Crippen LogP contribution in [0, 0.1) is 0 Å². The molecule has 2 unspecified atom stereocenters. The van der Waals surface area contributed by atoms with E-state index in [-0.39, 0.29) is 32.3 Å². The van der Waals surface area contributed by atoms with Crippen molar-refractivity contribution in [2.24, 2.45) is 5.73 Å². The third kappa shape index (κ3) is 56.8. The van der Waals surface area contributed by atoms with Gasteiger partial charge in [0.25, 0.3) is 0 Å². The number of unbranched alkanes of at least 4 members (excludes halogenated alkanes) is 31. The molecule has 3 N–H and O–H groups in total. The molecule has 0 saturated carbocycles. The first-order chi connectivity index (χ1) is 34.4. The van der Waals surface area contributed by atoms with Gasteiger partial charge >= 0.3 is 13.8 Å². The Hall–Kier alpha value is -2.06. The van der Waals surface area contributed by atoms with Crippen LogP contribution in [0.4, 0.5) is 0 Å². The summed E-state index contributed by atoms with van der Waals surface area (Å²) in [4.78, 5) is 22.7. The van der Waals surface area contributed by atoms with Gasteiger partial charge in [-0.15, -0.1) is 0 Å². The Morgan fingerprint density at radius 3 is 1.13 bits per heavy atom. The first kappa shape index (κ1) is 67.9. The highest BCUT2D eigenvalue weighted by atomic mass is 31.2. The molecule has 0 aromatic carbocycles. The fourth-order valence-electron chi connectivity index (χ4n) is 8.25. The molecule has 0 aromatic rings. The zero-order valence-corrected chi connectivity index (χ0v) is 46.6. The zero-order valence-electron chi connectivity index (χ0n) is 45.7. The highest BCUT2D eigenvalue weighted by Gasteiger charge is 2.25. The van der Waals surface area contributed by atoms with E-state index in [0.717, 1.165) is 57.8 Å². The first-order valence-corrected chi connectivity index (χ1v) is 30.9. The minimum absolute atomic E-state index is 0.0967. The minimum Gasteiger partial charge on any atom is -0.457 e. The van der Waals surface area contributed by atoms with E-state index in [9.17, 15) is 14.3 Å². The number of allylic oxidation sites excluding steroid dienone is 12. The van der Waals surface area contributed by atoms with E-state index in [2.05, 4.69) is 86.8 Å². The van der Waals surface area contributed by atoms with Crippen molar-refractivity contribution >= 4 is 13.8 Å². The van der Waals surface area contributed by atoms with Crippen molar-refractivity contribution in [1.82, 2.24) is 0 Å². The highest BCUT2D eigenvalue weighted by molar-refractivity contribution is 7.47. The second kappa shape index (κ2) is 57.8. The number of esters is 1. The molecule has 0 bridgehead atoms. The van der Waals surface area contributed by atoms with Crippen LogP contribution in [0.15, 0.2) is 72.9 Å². The third-order valence-corrected chi connectivity index (χ3v) is 13.6. The van der Waals surface area contributed by atoms with E-state index in [1.165, 1.54) is 193 Å². The minimum atomic E-state index is -4.29. The standard InChI is InChI=1S/C61H112NO7P/c1-3-5-7-9-11-13-15-17-19-21-23-25-27-29-31-33-35-37-39-41-43-45-47-49-51-53-56-66-58-60(59-68-70(64,65)67-57-55-62)69-61(63)54-52-50-48-46-44-42-40-38-36-34-32-30-28-26-24-22-20-18-16-14-12-10-8-6-4-2/h15-18,21-24,27-30,60H,3-14,19-20,25-26,31-59,62H2,1-2H3,(H,64,65)/b17-15-,18-16-,23-21-,24-22-,29-27-,30-28-. The Morgan fingerprint density at radius 2 is 0.757 bits per heavy atom. The number of phosphoric ester groups is 1. The van der Waals surface area contributed by atoms with Crippen LogP contribution in [0.2, 0.25) is 0 Å². The SMILES string of the molecule is CCCCCCC/C=C\C/C=C\C/C=C\CCCCCCCCCCCCCOCC(COP(=O)(O)OCCN)OC(=O)CCCCCCCCCCCC/C=C\C/C=C\C/C=C\CCCCCCC. The number of nitrogens with two attached hydrogens (primary N) is 1. The summed E-state index contributed by atoms with van der Waals surface area (Å²) in [7, 11) is -4.29. The molecule has 0 rings (SSSR count). The second-order valence-electron chi connectivity index (χ2n) is 19.5. The van der Waals surface area contributed by atoms with Crippen molar-refractivity contribution in [3.8, 4) is 0 Å². The number of rotatable bonds is 56. The van der Waals surface area contributed by atoms with Crippen LogP contribution in [0.25, 0.3) is 0 Å². The third-order valence-electron chi connectivity index (χ3n) is 12.6. The van der Waals surface area contributed by atoms with Crippen molar-refractivity contribution in [2.75, 3.05) is 33.0 Å². The monoisotopic (exact) mass is 1000 g/mol. The molecule has 2 atom stereocenters. The Bertz CT molecular complexity index is 1310. The van der Waals surface area contributed by atoms with Gasteiger partial charge < -0.3 is 20.1 Å². The van der Waals surface area contributed by atoms with Crippen LogP contribution in [-0.4, -0.2) is 49.9 Å². The van der Waals surface area contributed by atoms with Crippen molar-refractivity contribution in [2.45, 2.75) is 277 Å². The number of carbonyl (C=O) groups excluding carboxylic acids is 1. The molecule has 0 aliphatic rings. The van der Waals surface area contributed by atoms with Crippen LogP contribution in [0.1, 0.15) is 271 Å². The van der Waals surface area contributed by atoms with Gasteiger partial charge in [0.05, 0.1) is 19.8 Å². The van der Waals surface area contributed by atoms with Crippen molar-refractivity contribution in [1.29, 1.82) is 0 Å². The summed E-state index contributed by atoms with van der Waals surface area (Å²) in [5, 5.41) is 0. The van der Waals surface area contributed by atoms with Crippen LogP contribution in [0.3, 0.4) is 0 Å². The maximum Gasteiger partial charge on any atom is 0.472 e. The quantitative estimate of drug-likeness (QED) is 0.0268. The Morgan fingerprint density at radius 1 is 0.429 bits per heavy atom. The lowest BCUT2D eigenvalue weighted by atomic mass is 10.0. The Balaban J connectivity index is 3.91. The van der Waals surface area contributed by atoms with Gasteiger partial charge in [-0.25, -0.2) is 4.57 Å². The fourth-order valence-corrected chi connectivity index (χ4v) is 9.01.